The third-order valence-corrected chi connectivity index (χ3v) is 3.43. The molecule has 13 heavy (non-hydrogen) atoms. The minimum Gasteiger partial charge on any atom is -0.312 e. The predicted octanol–water partition coefficient (Wildman–Crippen LogP) is 0.714. The van der Waals surface area contributed by atoms with Crippen molar-refractivity contribution in [3.63, 3.8) is 0 Å². The molecular formula is C10H21N3. The van der Waals surface area contributed by atoms with Gasteiger partial charge in [0, 0.05) is 19.1 Å². The van der Waals surface area contributed by atoms with Crippen LogP contribution in [0.25, 0.3) is 0 Å². The maximum Gasteiger partial charge on any atom is 0.0285 e. The summed E-state index contributed by atoms with van der Waals surface area (Å²) < 4.78 is 0. The molecule has 3 N–H and O–H groups in total. The molecule has 2 fully saturated rings. The van der Waals surface area contributed by atoms with Gasteiger partial charge in [-0.15, -0.1) is 0 Å². The minimum atomic E-state index is 0.662. The fourth-order valence-corrected chi connectivity index (χ4v) is 2.65. The Morgan fingerprint density at radius 2 is 2.00 bits per heavy atom. The summed E-state index contributed by atoms with van der Waals surface area (Å²) in [7, 11) is 0. The van der Waals surface area contributed by atoms with Gasteiger partial charge in [0.2, 0.25) is 0 Å². The van der Waals surface area contributed by atoms with Gasteiger partial charge in [0.25, 0.3) is 0 Å². The average Bonchev–Trinajstić information content (AvgIpc) is 2.38. The van der Waals surface area contributed by atoms with Gasteiger partial charge in [0.1, 0.15) is 0 Å². The standard InChI is InChI=1S/C10H21N3/c11-13-7-3-5-9-4-1-2-6-12-10(9)8-13/h9-10,12H,1-8,11H2. The molecule has 0 spiro atoms. The van der Waals surface area contributed by atoms with Gasteiger partial charge in [-0.3, -0.25) is 5.84 Å². The van der Waals surface area contributed by atoms with E-state index in [1.54, 1.807) is 0 Å². The molecule has 2 atom stereocenters. The smallest absolute Gasteiger partial charge is 0.0285 e. The van der Waals surface area contributed by atoms with E-state index in [1.807, 2.05) is 5.01 Å². The molecule has 3 heteroatoms. The van der Waals surface area contributed by atoms with E-state index < -0.39 is 0 Å². The molecule has 2 aliphatic heterocycles. The number of nitrogens with two attached hydrogens (primary N) is 1. The second-order valence-corrected chi connectivity index (χ2v) is 4.45. The van der Waals surface area contributed by atoms with Crippen molar-refractivity contribution in [1.82, 2.24) is 10.3 Å². The maximum absolute atomic E-state index is 5.89. The molecule has 0 aliphatic carbocycles. The topological polar surface area (TPSA) is 41.3 Å². The Morgan fingerprint density at radius 1 is 1.15 bits per heavy atom. The Labute approximate surface area is 80.6 Å². The molecule has 0 aromatic carbocycles. The van der Waals surface area contributed by atoms with Crippen LogP contribution in [0.1, 0.15) is 32.1 Å². The lowest BCUT2D eigenvalue weighted by atomic mass is 9.92. The molecule has 2 rings (SSSR count). The van der Waals surface area contributed by atoms with Crippen molar-refractivity contribution in [3.8, 4) is 0 Å². The van der Waals surface area contributed by atoms with Crippen LogP contribution in [0, 0.1) is 5.92 Å². The van der Waals surface area contributed by atoms with Gasteiger partial charge in [-0.25, -0.2) is 5.01 Å². The Kier molecular flexibility index (Phi) is 3.19. The van der Waals surface area contributed by atoms with Crippen LogP contribution in [0.4, 0.5) is 0 Å². The molecular weight excluding hydrogens is 162 g/mol. The van der Waals surface area contributed by atoms with Gasteiger partial charge in [-0.2, -0.15) is 0 Å². The molecule has 0 bridgehead atoms. The minimum absolute atomic E-state index is 0.662. The zero-order valence-corrected chi connectivity index (χ0v) is 8.34. The largest absolute Gasteiger partial charge is 0.312 e. The third kappa shape index (κ3) is 2.42. The van der Waals surface area contributed by atoms with Gasteiger partial charge in [0.05, 0.1) is 0 Å². The first kappa shape index (κ1) is 9.44. The fraction of sp³-hybridized carbons (Fsp3) is 1.00. The van der Waals surface area contributed by atoms with E-state index >= 15 is 0 Å². The van der Waals surface area contributed by atoms with E-state index in [4.69, 9.17) is 5.84 Å². The maximum atomic E-state index is 5.89. The summed E-state index contributed by atoms with van der Waals surface area (Å²) in [6.45, 7) is 3.31. The second-order valence-electron chi connectivity index (χ2n) is 4.45. The summed E-state index contributed by atoms with van der Waals surface area (Å²) >= 11 is 0. The van der Waals surface area contributed by atoms with Crippen molar-refractivity contribution in [1.29, 1.82) is 0 Å². The summed E-state index contributed by atoms with van der Waals surface area (Å²) in [4.78, 5) is 0. The van der Waals surface area contributed by atoms with Crippen molar-refractivity contribution >= 4 is 0 Å². The predicted molar refractivity (Wildman–Crippen MR) is 54.1 cm³/mol. The highest BCUT2D eigenvalue weighted by atomic mass is 15.4. The monoisotopic (exact) mass is 183 g/mol. The van der Waals surface area contributed by atoms with E-state index in [-0.39, 0.29) is 0 Å². The summed E-state index contributed by atoms with van der Waals surface area (Å²) in [5.74, 6) is 6.77. The molecule has 0 amide bonds. The molecule has 2 unspecified atom stereocenters. The second kappa shape index (κ2) is 4.40. The average molecular weight is 183 g/mol. The van der Waals surface area contributed by atoms with Crippen LogP contribution in [-0.2, 0) is 0 Å². The van der Waals surface area contributed by atoms with E-state index in [0.29, 0.717) is 6.04 Å². The summed E-state index contributed by atoms with van der Waals surface area (Å²) in [6, 6.07) is 0.662. The first-order chi connectivity index (χ1) is 6.36. The van der Waals surface area contributed by atoms with Crippen molar-refractivity contribution < 1.29 is 0 Å². The summed E-state index contributed by atoms with van der Waals surface area (Å²) in [5, 5.41) is 5.62. The first-order valence-electron chi connectivity index (χ1n) is 5.59. The van der Waals surface area contributed by atoms with Gasteiger partial charge in [-0.1, -0.05) is 6.42 Å². The molecule has 2 aliphatic rings. The first-order valence-corrected chi connectivity index (χ1v) is 5.59. The lowest BCUT2D eigenvalue weighted by Gasteiger charge is -2.25. The normalized spacial score (nSPS) is 37.6. The Morgan fingerprint density at radius 3 is 2.92 bits per heavy atom. The Balaban J connectivity index is 1.98. The van der Waals surface area contributed by atoms with Crippen molar-refractivity contribution in [2.45, 2.75) is 38.1 Å². The van der Waals surface area contributed by atoms with Crippen LogP contribution in [0.3, 0.4) is 0 Å². The Bertz CT molecular complexity index is 160. The van der Waals surface area contributed by atoms with Gasteiger partial charge in [-0.05, 0) is 38.1 Å². The van der Waals surface area contributed by atoms with Gasteiger partial charge >= 0.3 is 0 Å². The van der Waals surface area contributed by atoms with Crippen molar-refractivity contribution in [2.75, 3.05) is 19.6 Å². The van der Waals surface area contributed by atoms with Crippen LogP contribution in [0.5, 0.6) is 0 Å². The highest BCUT2D eigenvalue weighted by molar-refractivity contribution is 4.83. The van der Waals surface area contributed by atoms with E-state index in [9.17, 15) is 0 Å². The molecule has 0 radical (unpaired) electrons. The number of hydrazine groups is 1. The molecule has 0 aromatic rings. The number of nitrogens with one attached hydrogen (secondary N) is 1. The molecule has 0 saturated carbocycles. The number of hydrogen-bond acceptors (Lipinski definition) is 3. The number of nitrogens with zero attached hydrogens (tertiary/aromatic N) is 1. The lowest BCUT2D eigenvalue weighted by Crippen LogP contribution is -2.45. The van der Waals surface area contributed by atoms with Crippen LogP contribution >= 0.6 is 0 Å². The lowest BCUT2D eigenvalue weighted by molar-refractivity contribution is 0.250. The number of hydrogen-bond donors (Lipinski definition) is 2. The zero-order chi connectivity index (χ0) is 9.10. The van der Waals surface area contributed by atoms with Crippen LogP contribution in [-0.4, -0.2) is 30.7 Å². The summed E-state index contributed by atoms with van der Waals surface area (Å²) in [5.41, 5.74) is 0. The fourth-order valence-electron chi connectivity index (χ4n) is 2.65. The van der Waals surface area contributed by atoms with Crippen molar-refractivity contribution in [3.05, 3.63) is 0 Å². The zero-order valence-electron chi connectivity index (χ0n) is 8.34. The quantitative estimate of drug-likeness (QED) is 0.544. The Hall–Kier alpha value is -0.120. The van der Waals surface area contributed by atoms with Crippen LogP contribution in [0.15, 0.2) is 0 Å². The summed E-state index contributed by atoms with van der Waals surface area (Å²) in [6.07, 6.45) is 6.80. The van der Waals surface area contributed by atoms with E-state index in [0.717, 1.165) is 19.0 Å². The van der Waals surface area contributed by atoms with E-state index in [1.165, 1.54) is 38.6 Å². The molecule has 2 saturated heterocycles. The molecule has 3 nitrogen and oxygen atoms in total. The van der Waals surface area contributed by atoms with Gasteiger partial charge in [0.15, 0.2) is 0 Å². The highest BCUT2D eigenvalue weighted by Crippen LogP contribution is 2.24. The highest BCUT2D eigenvalue weighted by Gasteiger charge is 2.26. The van der Waals surface area contributed by atoms with E-state index in [2.05, 4.69) is 5.32 Å². The van der Waals surface area contributed by atoms with Crippen LogP contribution < -0.4 is 11.2 Å². The van der Waals surface area contributed by atoms with Gasteiger partial charge < -0.3 is 5.32 Å². The van der Waals surface area contributed by atoms with Crippen molar-refractivity contribution in [2.24, 2.45) is 11.8 Å². The SMILES string of the molecule is NN1CCCC2CCCCNC2C1. The van der Waals surface area contributed by atoms with Crippen LogP contribution in [0.2, 0.25) is 0 Å². The molecule has 2 heterocycles. The molecule has 0 aromatic heterocycles. The number of fused-ring (bicyclic) bond motifs is 1. The third-order valence-electron chi connectivity index (χ3n) is 3.43. The number of rotatable bonds is 0. The molecule has 76 valence electrons.